The fourth-order valence-corrected chi connectivity index (χ4v) is 5.23. The molecular formula is C27H22N2O4S. The Labute approximate surface area is 201 Å². The number of ketones is 1. The van der Waals surface area contributed by atoms with E-state index in [0.29, 0.717) is 21.9 Å². The lowest BCUT2D eigenvalue weighted by molar-refractivity contribution is 0.0470. The van der Waals surface area contributed by atoms with Crippen molar-refractivity contribution in [3.8, 4) is 11.1 Å². The van der Waals surface area contributed by atoms with Gasteiger partial charge in [0.15, 0.2) is 12.4 Å². The first-order chi connectivity index (χ1) is 16.5. The summed E-state index contributed by atoms with van der Waals surface area (Å²) in [5, 5.41) is 4.50. The van der Waals surface area contributed by atoms with Gasteiger partial charge in [-0.25, -0.2) is 9.78 Å². The van der Waals surface area contributed by atoms with Crippen LogP contribution in [0.4, 0.5) is 0 Å². The summed E-state index contributed by atoms with van der Waals surface area (Å²) in [7, 11) is 0. The molecule has 0 radical (unpaired) electrons. The average molecular weight is 471 g/mol. The highest BCUT2D eigenvalue weighted by atomic mass is 32.2. The molecule has 34 heavy (non-hydrogen) atoms. The zero-order chi connectivity index (χ0) is 23.7. The number of nitrogens with zero attached hydrogens (tertiary/aromatic N) is 2. The fourth-order valence-electron chi connectivity index (χ4n) is 4.10. The van der Waals surface area contributed by atoms with Gasteiger partial charge in [-0.05, 0) is 60.7 Å². The molecule has 1 aliphatic carbocycles. The second-order valence-electron chi connectivity index (χ2n) is 8.15. The molecule has 0 unspecified atom stereocenters. The number of aryl methyl sites for hydroxylation is 2. The van der Waals surface area contributed by atoms with Crippen LogP contribution in [0.2, 0.25) is 0 Å². The number of esters is 1. The number of carbonyl (C=O) groups is 2. The highest BCUT2D eigenvalue weighted by molar-refractivity contribution is 7.98. The molecule has 0 fully saturated rings. The Hall–Kier alpha value is -3.71. The van der Waals surface area contributed by atoms with Gasteiger partial charge in [0.25, 0.3) is 0 Å². The largest absolute Gasteiger partial charge is 0.454 e. The highest BCUT2D eigenvalue weighted by Gasteiger charge is 2.21. The lowest BCUT2D eigenvalue weighted by Gasteiger charge is -2.09. The van der Waals surface area contributed by atoms with Gasteiger partial charge in [0.05, 0.1) is 11.3 Å². The van der Waals surface area contributed by atoms with Gasteiger partial charge in [0, 0.05) is 23.1 Å². The number of aromatic nitrogens is 2. The van der Waals surface area contributed by atoms with Gasteiger partial charge in [0.1, 0.15) is 10.8 Å². The Kier molecular flexibility index (Phi) is 6.02. The molecule has 0 saturated carbocycles. The molecule has 0 spiro atoms. The molecule has 0 saturated heterocycles. The van der Waals surface area contributed by atoms with Crippen LogP contribution < -0.4 is 0 Å². The first-order valence-corrected chi connectivity index (χ1v) is 11.9. The van der Waals surface area contributed by atoms with E-state index in [2.05, 4.69) is 22.3 Å². The van der Waals surface area contributed by atoms with E-state index < -0.39 is 5.97 Å². The molecule has 6 nitrogen and oxygen atoms in total. The van der Waals surface area contributed by atoms with Gasteiger partial charge in [-0.2, -0.15) is 0 Å². The number of thioether (sulfide) groups is 1. The molecule has 0 aliphatic heterocycles. The number of pyridine rings is 1. The van der Waals surface area contributed by atoms with Gasteiger partial charge in [-0.3, -0.25) is 4.79 Å². The summed E-state index contributed by atoms with van der Waals surface area (Å²) in [6.07, 6.45) is 2.49. The number of Topliss-reactive ketones (excluding diaryl/α,β-unsaturated/α-hetero) is 1. The zero-order valence-electron chi connectivity index (χ0n) is 18.8. The lowest BCUT2D eigenvalue weighted by Crippen LogP contribution is -2.15. The second kappa shape index (κ2) is 9.27. The molecule has 5 rings (SSSR count). The molecule has 170 valence electrons. The first kappa shape index (κ1) is 22.1. The summed E-state index contributed by atoms with van der Waals surface area (Å²) in [6.45, 7) is 3.40. The smallest absolute Gasteiger partial charge is 0.341 e. The molecule has 2 aromatic carbocycles. The van der Waals surface area contributed by atoms with Crippen LogP contribution >= 0.6 is 11.8 Å². The van der Waals surface area contributed by atoms with Crippen molar-refractivity contribution >= 4 is 23.5 Å². The van der Waals surface area contributed by atoms with E-state index in [0.717, 1.165) is 34.6 Å². The maximum absolute atomic E-state index is 12.8. The summed E-state index contributed by atoms with van der Waals surface area (Å²) in [5.41, 5.74) is 7.32. The first-order valence-electron chi connectivity index (χ1n) is 10.9. The predicted molar refractivity (Wildman–Crippen MR) is 129 cm³/mol. The van der Waals surface area contributed by atoms with E-state index >= 15 is 0 Å². The predicted octanol–water partition coefficient (Wildman–Crippen LogP) is 5.59. The Morgan fingerprint density at radius 2 is 1.85 bits per heavy atom. The van der Waals surface area contributed by atoms with Crippen LogP contribution in [0.3, 0.4) is 0 Å². The maximum atomic E-state index is 12.8. The molecule has 4 aromatic rings. The Morgan fingerprint density at radius 3 is 2.68 bits per heavy atom. The third-order valence-corrected chi connectivity index (χ3v) is 7.01. The minimum absolute atomic E-state index is 0.241. The summed E-state index contributed by atoms with van der Waals surface area (Å²) < 4.78 is 10.6. The number of carbonyl (C=O) groups excluding carboxylic acids is 2. The van der Waals surface area contributed by atoms with Crippen molar-refractivity contribution in [3.63, 3.8) is 0 Å². The molecule has 2 aromatic heterocycles. The summed E-state index contributed by atoms with van der Waals surface area (Å²) in [6, 6.07) is 17.2. The quantitative estimate of drug-likeness (QED) is 0.174. The molecule has 7 heteroatoms. The van der Waals surface area contributed by atoms with Crippen molar-refractivity contribution in [2.75, 3.05) is 6.61 Å². The third-order valence-electron chi connectivity index (χ3n) is 5.98. The SMILES string of the molecule is Cc1noc(C)c1CSc1ncccc1C(=O)OCC(=O)c1ccc2c(c1)-c1ccccc1C2. The van der Waals surface area contributed by atoms with Gasteiger partial charge in [-0.1, -0.05) is 41.6 Å². The maximum Gasteiger partial charge on any atom is 0.341 e. The zero-order valence-corrected chi connectivity index (χ0v) is 19.6. The van der Waals surface area contributed by atoms with E-state index in [1.165, 1.54) is 22.9 Å². The number of rotatable bonds is 7. The van der Waals surface area contributed by atoms with E-state index in [1.807, 2.05) is 38.1 Å². The van der Waals surface area contributed by atoms with Crippen LogP contribution in [0.25, 0.3) is 11.1 Å². The third kappa shape index (κ3) is 4.26. The van der Waals surface area contributed by atoms with E-state index in [1.54, 1.807) is 24.4 Å². The van der Waals surface area contributed by atoms with Gasteiger partial charge in [0.2, 0.25) is 0 Å². The molecule has 0 atom stereocenters. The monoisotopic (exact) mass is 470 g/mol. The van der Waals surface area contributed by atoms with Crippen molar-refractivity contribution in [2.24, 2.45) is 0 Å². The van der Waals surface area contributed by atoms with Gasteiger partial charge < -0.3 is 9.26 Å². The van der Waals surface area contributed by atoms with Crippen LogP contribution in [0, 0.1) is 13.8 Å². The summed E-state index contributed by atoms with van der Waals surface area (Å²) >= 11 is 1.40. The molecule has 0 amide bonds. The lowest BCUT2D eigenvalue weighted by atomic mass is 10.0. The molecule has 0 bridgehead atoms. The Balaban J connectivity index is 1.26. The number of ether oxygens (including phenoxy) is 1. The van der Waals surface area contributed by atoms with Crippen LogP contribution in [0.1, 0.15) is 48.9 Å². The minimum Gasteiger partial charge on any atom is -0.454 e. The molecule has 1 aliphatic rings. The van der Waals surface area contributed by atoms with Gasteiger partial charge >= 0.3 is 5.97 Å². The van der Waals surface area contributed by atoms with Crippen molar-refractivity contribution in [3.05, 3.63) is 100 Å². The molecular weight excluding hydrogens is 448 g/mol. The van der Waals surface area contributed by atoms with Crippen molar-refractivity contribution < 1.29 is 18.8 Å². The average Bonchev–Trinajstić information content (AvgIpc) is 3.39. The standard InChI is InChI=1S/C27H22N2O4S/c1-16-24(17(2)33-29-16)15-34-26-22(8-5-11-28-26)27(31)32-14-25(30)20-10-9-19-12-18-6-3-4-7-21(18)23(19)13-20/h3-11,13H,12,14-15H2,1-2H3. The van der Waals surface area contributed by atoms with Gasteiger partial charge in [-0.15, -0.1) is 11.8 Å². The molecule has 0 N–H and O–H groups in total. The minimum atomic E-state index is -0.575. The Bertz CT molecular complexity index is 1390. The van der Waals surface area contributed by atoms with Crippen LogP contribution in [-0.4, -0.2) is 28.5 Å². The number of hydrogen-bond donors (Lipinski definition) is 0. The van der Waals surface area contributed by atoms with E-state index in [-0.39, 0.29) is 12.4 Å². The van der Waals surface area contributed by atoms with Crippen molar-refractivity contribution in [2.45, 2.75) is 31.0 Å². The fraction of sp³-hybridized carbons (Fsp3) is 0.185. The number of benzene rings is 2. The number of fused-ring (bicyclic) bond motifs is 3. The number of hydrogen-bond acceptors (Lipinski definition) is 7. The highest BCUT2D eigenvalue weighted by Crippen LogP contribution is 2.37. The van der Waals surface area contributed by atoms with Crippen molar-refractivity contribution in [1.82, 2.24) is 10.1 Å². The van der Waals surface area contributed by atoms with E-state index in [4.69, 9.17) is 9.26 Å². The Morgan fingerprint density at radius 1 is 1.03 bits per heavy atom. The topological polar surface area (TPSA) is 82.3 Å². The van der Waals surface area contributed by atoms with Crippen molar-refractivity contribution in [1.29, 1.82) is 0 Å². The second-order valence-corrected chi connectivity index (χ2v) is 9.12. The van der Waals surface area contributed by atoms with Crippen LogP contribution in [-0.2, 0) is 16.9 Å². The molecule has 2 heterocycles. The summed E-state index contributed by atoms with van der Waals surface area (Å²) in [5.74, 6) is 0.491. The van der Waals surface area contributed by atoms with Crippen LogP contribution in [0.5, 0.6) is 0 Å². The summed E-state index contributed by atoms with van der Waals surface area (Å²) in [4.78, 5) is 29.9. The van der Waals surface area contributed by atoms with E-state index in [9.17, 15) is 9.59 Å². The van der Waals surface area contributed by atoms with Crippen LogP contribution in [0.15, 0.2) is 70.3 Å². The normalized spacial score (nSPS) is 11.7.